The van der Waals surface area contributed by atoms with E-state index in [-0.39, 0.29) is 33.4 Å². The molecule has 0 heterocycles. The van der Waals surface area contributed by atoms with E-state index in [1.807, 2.05) is 13.8 Å². The number of halogens is 2. The molecular weight excluding hydrogens is 399 g/mol. The molecule has 2 unspecified atom stereocenters. The minimum atomic E-state index is -0.640. The summed E-state index contributed by atoms with van der Waals surface area (Å²) in [6.07, 6.45) is 2.10. The Hall–Kier alpha value is -1.59. The Bertz CT molecular complexity index is 865. The number of carbonyl (C=O) groups excluding carboxylic acids is 2. The van der Waals surface area contributed by atoms with Gasteiger partial charge in [0.05, 0.1) is 21.7 Å². The van der Waals surface area contributed by atoms with Crippen LogP contribution >= 0.6 is 23.2 Å². The molecule has 2 atom stereocenters. The van der Waals surface area contributed by atoms with E-state index in [1.54, 1.807) is 6.07 Å². The Labute approximate surface area is 175 Å². The van der Waals surface area contributed by atoms with Gasteiger partial charge < -0.3 is 10.2 Å². The summed E-state index contributed by atoms with van der Waals surface area (Å²) in [5.41, 5.74) is -0.209. The van der Waals surface area contributed by atoms with E-state index in [4.69, 9.17) is 28.0 Å². The molecule has 3 rings (SSSR count). The number of hydrogen-bond acceptors (Lipinski definition) is 4. The molecule has 7 heteroatoms. The molecule has 1 N–H and O–H groups in total. The van der Waals surface area contributed by atoms with Crippen LogP contribution in [0.25, 0.3) is 0 Å². The number of carbonyl (C=O) groups is 2. The molecule has 1 aromatic carbocycles. The molecule has 152 valence electrons. The fourth-order valence-corrected chi connectivity index (χ4v) is 5.21. The third-order valence-corrected chi connectivity index (χ3v) is 7.53. The summed E-state index contributed by atoms with van der Waals surface area (Å²) in [5, 5.41) is 7.93. The largest absolute Gasteiger partial charge is 0.367 e. The van der Waals surface area contributed by atoms with Crippen molar-refractivity contribution in [2.75, 3.05) is 0 Å². The van der Waals surface area contributed by atoms with E-state index in [0.29, 0.717) is 11.4 Å². The van der Waals surface area contributed by atoms with Gasteiger partial charge in [-0.1, -0.05) is 49.1 Å². The van der Waals surface area contributed by atoms with E-state index in [9.17, 15) is 9.59 Å². The van der Waals surface area contributed by atoms with Crippen molar-refractivity contribution < 1.29 is 14.4 Å². The first-order valence-electron chi connectivity index (χ1n) is 9.49. The van der Waals surface area contributed by atoms with Crippen molar-refractivity contribution in [1.82, 2.24) is 5.32 Å². The van der Waals surface area contributed by atoms with Gasteiger partial charge in [-0.3, -0.25) is 4.79 Å². The van der Waals surface area contributed by atoms with Crippen LogP contribution in [0.4, 0.5) is 0 Å². The minimum Gasteiger partial charge on any atom is -0.353 e. The first-order chi connectivity index (χ1) is 12.9. The molecule has 0 saturated heterocycles. The molecule has 2 saturated carbocycles. The second kappa shape index (κ2) is 7.03. The van der Waals surface area contributed by atoms with Crippen molar-refractivity contribution in [1.29, 1.82) is 0 Å². The lowest BCUT2D eigenvalue weighted by Gasteiger charge is -2.39. The van der Waals surface area contributed by atoms with Gasteiger partial charge in [0.25, 0.3) is 0 Å². The number of benzene rings is 1. The molecule has 0 aliphatic heterocycles. The normalized spacial score (nSPS) is 29.4. The highest BCUT2D eigenvalue weighted by Gasteiger charge is 2.71. The number of nitrogens with zero attached hydrogens (tertiary/aromatic N) is 1. The molecule has 0 spiro atoms. The monoisotopic (exact) mass is 424 g/mol. The highest BCUT2D eigenvalue weighted by atomic mass is 35.5. The molecule has 0 aromatic heterocycles. The Morgan fingerprint density at radius 3 is 2.46 bits per heavy atom. The van der Waals surface area contributed by atoms with Gasteiger partial charge >= 0.3 is 5.97 Å². The van der Waals surface area contributed by atoms with Crippen molar-refractivity contribution in [2.24, 2.45) is 21.4 Å². The summed E-state index contributed by atoms with van der Waals surface area (Å²) in [7, 11) is 0. The minimum absolute atomic E-state index is 0.0495. The topological polar surface area (TPSA) is 67.8 Å². The summed E-state index contributed by atoms with van der Waals surface area (Å²) in [4.78, 5) is 30.7. The standard InChI is InChI=1S/C21H26Cl2N2O3/c1-12(2)24-18(27)21-9-8-20(5,19(21,3)4)16(11-21)25-28-17(26)14-7-6-13(22)10-15(14)23/h6-7,10,12H,8-9,11H2,1-5H3,(H,24,27)/b25-16-. The number of rotatable bonds is 4. The van der Waals surface area contributed by atoms with Crippen molar-refractivity contribution in [3.63, 3.8) is 0 Å². The summed E-state index contributed by atoms with van der Waals surface area (Å²) >= 11 is 12.0. The molecule has 1 amide bonds. The van der Waals surface area contributed by atoms with Crippen LogP contribution in [0, 0.1) is 16.2 Å². The fraction of sp³-hybridized carbons (Fsp3) is 0.571. The van der Waals surface area contributed by atoms with Gasteiger partial charge in [-0.25, -0.2) is 4.79 Å². The predicted octanol–water partition coefficient (Wildman–Crippen LogP) is 5.25. The molecule has 2 aliphatic rings. The van der Waals surface area contributed by atoms with Gasteiger partial charge in [-0.05, 0) is 50.3 Å². The molecule has 2 aliphatic carbocycles. The van der Waals surface area contributed by atoms with Crippen molar-refractivity contribution >= 4 is 40.8 Å². The van der Waals surface area contributed by atoms with Crippen molar-refractivity contribution in [2.45, 2.75) is 59.9 Å². The van der Waals surface area contributed by atoms with E-state index in [1.165, 1.54) is 12.1 Å². The summed E-state index contributed by atoms with van der Waals surface area (Å²) < 4.78 is 0. The number of amides is 1. The Morgan fingerprint density at radius 2 is 1.86 bits per heavy atom. The summed E-state index contributed by atoms with van der Waals surface area (Å²) in [6.45, 7) is 10.2. The summed E-state index contributed by atoms with van der Waals surface area (Å²) in [6, 6.07) is 4.64. The smallest absolute Gasteiger partial charge is 0.353 e. The maximum Gasteiger partial charge on any atom is 0.367 e. The fourth-order valence-electron chi connectivity index (χ4n) is 4.72. The third kappa shape index (κ3) is 3.03. The maximum atomic E-state index is 13.1. The number of hydrogen-bond donors (Lipinski definition) is 1. The molecular formula is C21H26Cl2N2O3. The number of nitrogens with one attached hydrogen (secondary N) is 1. The van der Waals surface area contributed by atoms with E-state index in [0.717, 1.165) is 18.6 Å². The van der Waals surface area contributed by atoms with E-state index >= 15 is 0 Å². The lowest BCUT2D eigenvalue weighted by Crippen LogP contribution is -2.48. The van der Waals surface area contributed by atoms with Crippen LogP contribution in [0.15, 0.2) is 23.4 Å². The second-order valence-electron chi connectivity index (χ2n) is 8.89. The van der Waals surface area contributed by atoms with Crippen LogP contribution in [-0.4, -0.2) is 23.6 Å². The average molecular weight is 425 g/mol. The van der Waals surface area contributed by atoms with E-state index < -0.39 is 11.4 Å². The predicted molar refractivity (Wildman–Crippen MR) is 111 cm³/mol. The van der Waals surface area contributed by atoms with Gasteiger partial charge in [0.2, 0.25) is 5.91 Å². The van der Waals surface area contributed by atoms with Crippen LogP contribution < -0.4 is 5.32 Å². The first-order valence-corrected chi connectivity index (χ1v) is 10.2. The maximum absolute atomic E-state index is 13.1. The molecule has 5 nitrogen and oxygen atoms in total. The van der Waals surface area contributed by atoms with Crippen molar-refractivity contribution in [3.8, 4) is 0 Å². The van der Waals surface area contributed by atoms with Gasteiger partial charge in [0.1, 0.15) is 0 Å². The molecule has 2 fully saturated rings. The third-order valence-electron chi connectivity index (χ3n) is 6.98. The lowest BCUT2D eigenvalue weighted by molar-refractivity contribution is -0.136. The van der Waals surface area contributed by atoms with Crippen molar-refractivity contribution in [3.05, 3.63) is 33.8 Å². The first kappa shape index (κ1) is 21.1. The summed E-state index contributed by atoms with van der Waals surface area (Å²) in [5.74, 6) is -0.590. The van der Waals surface area contributed by atoms with Crippen LogP contribution in [0.5, 0.6) is 0 Å². The lowest BCUT2D eigenvalue weighted by atomic mass is 9.64. The Morgan fingerprint density at radius 1 is 1.18 bits per heavy atom. The zero-order chi connectivity index (χ0) is 20.9. The van der Waals surface area contributed by atoms with E-state index in [2.05, 4.69) is 31.2 Å². The molecule has 1 aromatic rings. The molecule has 2 bridgehead atoms. The van der Waals surface area contributed by atoms with Gasteiger partial charge in [-0.15, -0.1) is 0 Å². The number of oxime groups is 1. The van der Waals surface area contributed by atoms with Crippen LogP contribution in [0.3, 0.4) is 0 Å². The SMILES string of the molecule is CC(C)NC(=O)C12CCC(C)(/C(=N\OC(=O)c3ccc(Cl)cc3Cl)C1)C2(C)C. The Balaban J connectivity index is 1.87. The van der Waals surface area contributed by atoms with Gasteiger partial charge in [-0.2, -0.15) is 0 Å². The quantitative estimate of drug-likeness (QED) is 0.530. The molecule has 0 radical (unpaired) electrons. The molecule has 28 heavy (non-hydrogen) atoms. The van der Waals surface area contributed by atoms with Crippen LogP contribution in [0.2, 0.25) is 10.0 Å². The Kier molecular flexibility index (Phi) is 5.30. The van der Waals surface area contributed by atoms with Crippen LogP contribution in [0.1, 0.15) is 64.2 Å². The number of fused-ring (bicyclic) bond motifs is 2. The second-order valence-corrected chi connectivity index (χ2v) is 9.73. The highest BCUT2D eigenvalue weighted by molar-refractivity contribution is 6.36. The van der Waals surface area contributed by atoms with Gasteiger partial charge in [0.15, 0.2) is 0 Å². The highest BCUT2D eigenvalue weighted by Crippen LogP contribution is 2.71. The zero-order valence-electron chi connectivity index (χ0n) is 16.9. The van der Waals surface area contributed by atoms with Gasteiger partial charge in [0, 0.05) is 22.9 Å². The van der Waals surface area contributed by atoms with Crippen LogP contribution in [-0.2, 0) is 9.63 Å². The average Bonchev–Trinajstić information content (AvgIpc) is 2.89. The zero-order valence-corrected chi connectivity index (χ0v) is 18.4.